The lowest BCUT2D eigenvalue weighted by molar-refractivity contribution is -0.138. The summed E-state index contributed by atoms with van der Waals surface area (Å²) in [4.78, 5) is 14.1. The summed E-state index contributed by atoms with van der Waals surface area (Å²) in [5.41, 5.74) is -1.61. The van der Waals surface area contributed by atoms with Crippen molar-refractivity contribution in [3.8, 4) is 0 Å². The minimum atomic E-state index is -4.88. The largest absolute Gasteiger partial charge is 0.423 e. The van der Waals surface area contributed by atoms with Crippen LogP contribution < -0.4 is 10.5 Å². The summed E-state index contributed by atoms with van der Waals surface area (Å²) in [6, 6.07) is 3.19. The van der Waals surface area contributed by atoms with E-state index in [9.17, 15) is 22.4 Å². The Hall–Kier alpha value is -1.72. The molecule has 1 aromatic carbocycles. The van der Waals surface area contributed by atoms with E-state index in [2.05, 4.69) is 40.7 Å². The normalized spacial score (nSPS) is 16.7. The van der Waals surface area contributed by atoms with E-state index >= 15 is 0 Å². The number of aromatic nitrogens is 2. The fourth-order valence-electron chi connectivity index (χ4n) is 3.50. The van der Waals surface area contributed by atoms with Gasteiger partial charge in [0.1, 0.15) is 18.1 Å². The molecule has 31 heavy (non-hydrogen) atoms. The maximum atomic E-state index is 13.9. The van der Waals surface area contributed by atoms with Crippen LogP contribution in [0.2, 0.25) is 25.7 Å². The minimum Gasteiger partial charge on any atom is -0.359 e. The Morgan fingerprint density at radius 2 is 1.97 bits per heavy atom. The molecule has 1 atom stereocenters. The van der Waals surface area contributed by atoms with Crippen molar-refractivity contribution in [2.45, 2.75) is 58.1 Å². The van der Waals surface area contributed by atoms with Gasteiger partial charge in [-0.25, -0.2) is 9.07 Å². The average Bonchev–Trinajstić information content (AvgIpc) is 2.94. The number of benzene rings is 1. The zero-order valence-corrected chi connectivity index (χ0v) is 20.3. The smallest absolute Gasteiger partial charge is 0.359 e. The first-order valence-electron chi connectivity index (χ1n) is 9.79. The molecule has 1 unspecified atom stereocenters. The predicted molar refractivity (Wildman–Crippen MR) is 116 cm³/mol. The molecule has 2 heterocycles. The molecule has 0 spiro atoms. The van der Waals surface area contributed by atoms with Crippen molar-refractivity contribution in [3.63, 3.8) is 0 Å². The molecule has 1 aliphatic rings. The number of alkyl halides is 3. The lowest BCUT2D eigenvalue weighted by Crippen LogP contribution is -2.35. The number of nitrogens with zero attached hydrogens (tertiary/aromatic N) is 3. The third kappa shape index (κ3) is 5.20. The van der Waals surface area contributed by atoms with Gasteiger partial charge >= 0.3 is 6.18 Å². The van der Waals surface area contributed by atoms with E-state index in [4.69, 9.17) is 4.74 Å². The third-order valence-corrected chi connectivity index (χ3v) is 7.58. The molecule has 2 aromatic rings. The molecule has 5 nitrogen and oxygen atoms in total. The van der Waals surface area contributed by atoms with Gasteiger partial charge in [-0.15, -0.1) is 0 Å². The first kappa shape index (κ1) is 23.9. The van der Waals surface area contributed by atoms with Crippen LogP contribution in [0.25, 0.3) is 0 Å². The minimum absolute atomic E-state index is 0.0433. The average molecular weight is 522 g/mol. The van der Waals surface area contributed by atoms with E-state index in [0.29, 0.717) is 22.4 Å². The molecule has 11 heteroatoms. The first-order chi connectivity index (χ1) is 14.3. The van der Waals surface area contributed by atoms with Gasteiger partial charge in [-0.3, -0.25) is 4.79 Å². The van der Waals surface area contributed by atoms with Crippen LogP contribution in [0.5, 0.6) is 0 Å². The van der Waals surface area contributed by atoms with Crippen LogP contribution in [0.1, 0.15) is 29.7 Å². The number of anilines is 1. The summed E-state index contributed by atoms with van der Waals surface area (Å²) < 4.78 is 62.0. The van der Waals surface area contributed by atoms with Gasteiger partial charge in [0, 0.05) is 21.2 Å². The highest BCUT2D eigenvalue weighted by atomic mass is 79.9. The van der Waals surface area contributed by atoms with E-state index in [0.717, 1.165) is 12.2 Å². The molecule has 0 radical (unpaired) electrons. The van der Waals surface area contributed by atoms with Gasteiger partial charge in [0.15, 0.2) is 0 Å². The van der Waals surface area contributed by atoms with E-state index in [1.165, 1.54) is 11.0 Å². The SMILES string of the molecule is CC1c2cc(Br)c(F)cc2CN1c1cnn(COCC[Si](C)(C)C)c(=O)c1C(F)(F)F. The van der Waals surface area contributed by atoms with E-state index in [1.54, 1.807) is 13.0 Å². The van der Waals surface area contributed by atoms with Crippen LogP contribution in [-0.4, -0.2) is 24.5 Å². The van der Waals surface area contributed by atoms with Crippen molar-refractivity contribution in [3.05, 3.63) is 55.7 Å². The van der Waals surface area contributed by atoms with Crippen LogP contribution >= 0.6 is 15.9 Å². The van der Waals surface area contributed by atoms with Crippen molar-refractivity contribution in [2.24, 2.45) is 0 Å². The van der Waals surface area contributed by atoms with Gasteiger partial charge in [0.2, 0.25) is 0 Å². The fraction of sp³-hybridized carbons (Fsp3) is 0.500. The molecule has 0 fully saturated rings. The Balaban J connectivity index is 1.93. The van der Waals surface area contributed by atoms with E-state index < -0.39 is 37.2 Å². The number of fused-ring (bicyclic) bond motifs is 1. The van der Waals surface area contributed by atoms with Gasteiger partial charge < -0.3 is 9.64 Å². The summed E-state index contributed by atoms with van der Waals surface area (Å²) in [6.45, 7) is 8.21. The first-order valence-corrected chi connectivity index (χ1v) is 14.3. The Kier molecular flexibility index (Phi) is 6.69. The Labute approximate surface area is 187 Å². The maximum Gasteiger partial charge on any atom is 0.423 e. The molecule has 0 saturated carbocycles. The molecule has 1 aromatic heterocycles. The predicted octanol–water partition coefficient (Wildman–Crippen LogP) is 5.56. The second kappa shape index (κ2) is 8.66. The highest BCUT2D eigenvalue weighted by molar-refractivity contribution is 9.10. The van der Waals surface area contributed by atoms with Crippen LogP contribution in [0, 0.1) is 5.82 Å². The lowest BCUT2D eigenvalue weighted by Gasteiger charge is -2.27. The summed E-state index contributed by atoms with van der Waals surface area (Å²) in [7, 11) is -1.37. The molecule has 0 aliphatic carbocycles. The quantitative estimate of drug-likeness (QED) is 0.283. The molecule has 1 aliphatic heterocycles. The van der Waals surface area contributed by atoms with Crippen molar-refractivity contribution in [2.75, 3.05) is 11.5 Å². The van der Waals surface area contributed by atoms with Gasteiger partial charge in [-0.2, -0.15) is 18.3 Å². The van der Waals surface area contributed by atoms with Crippen molar-refractivity contribution in [1.29, 1.82) is 0 Å². The fourth-order valence-corrected chi connectivity index (χ4v) is 4.61. The summed E-state index contributed by atoms with van der Waals surface area (Å²) in [5.74, 6) is -0.493. The summed E-state index contributed by atoms with van der Waals surface area (Å²) in [6.07, 6.45) is -3.84. The molecule has 0 amide bonds. The van der Waals surface area contributed by atoms with Crippen LogP contribution in [0.3, 0.4) is 0 Å². The number of halogens is 5. The zero-order chi connectivity index (χ0) is 23.1. The van der Waals surface area contributed by atoms with Crippen LogP contribution in [0.15, 0.2) is 27.6 Å². The molecule has 3 rings (SSSR count). The maximum absolute atomic E-state index is 13.9. The monoisotopic (exact) mass is 521 g/mol. The lowest BCUT2D eigenvalue weighted by atomic mass is 10.1. The van der Waals surface area contributed by atoms with E-state index in [1.807, 2.05) is 0 Å². The summed E-state index contributed by atoms with van der Waals surface area (Å²) in [5, 5.41) is 3.93. The summed E-state index contributed by atoms with van der Waals surface area (Å²) >= 11 is 3.11. The topological polar surface area (TPSA) is 47.4 Å². The molecular formula is C20H24BrF4N3O2Si. The standard InChI is InChI=1S/C20H24BrF4N3O2Si/c1-12-14-8-15(21)16(22)7-13(14)10-27(12)17-9-26-28(11-30-5-6-31(2,3)4)19(29)18(17)20(23,24)25/h7-9,12H,5-6,10-11H2,1-4H3. The second-order valence-corrected chi connectivity index (χ2v) is 15.3. The molecule has 0 bridgehead atoms. The highest BCUT2D eigenvalue weighted by Crippen LogP contribution is 2.42. The second-order valence-electron chi connectivity index (χ2n) is 8.82. The third-order valence-electron chi connectivity index (χ3n) is 5.27. The molecule has 170 valence electrons. The molecular weight excluding hydrogens is 498 g/mol. The Bertz CT molecular complexity index is 1040. The number of hydrogen-bond acceptors (Lipinski definition) is 4. The van der Waals surface area contributed by atoms with Gasteiger partial charge in [0.25, 0.3) is 5.56 Å². The zero-order valence-electron chi connectivity index (χ0n) is 17.7. The van der Waals surface area contributed by atoms with Gasteiger partial charge in [0.05, 0.1) is 22.4 Å². The van der Waals surface area contributed by atoms with Crippen molar-refractivity contribution < 1.29 is 22.3 Å². The van der Waals surface area contributed by atoms with Gasteiger partial charge in [-0.05, 0) is 52.2 Å². The highest BCUT2D eigenvalue weighted by Gasteiger charge is 2.42. The Morgan fingerprint density at radius 1 is 1.29 bits per heavy atom. The van der Waals surface area contributed by atoms with E-state index in [-0.39, 0.29) is 23.4 Å². The number of hydrogen-bond donors (Lipinski definition) is 0. The van der Waals surface area contributed by atoms with Crippen LogP contribution in [0.4, 0.5) is 23.2 Å². The van der Waals surface area contributed by atoms with Crippen LogP contribution in [-0.2, 0) is 24.2 Å². The Morgan fingerprint density at radius 3 is 2.58 bits per heavy atom. The van der Waals surface area contributed by atoms with Crippen molar-refractivity contribution >= 4 is 29.7 Å². The van der Waals surface area contributed by atoms with Gasteiger partial charge in [-0.1, -0.05) is 19.6 Å². The van der Waals surface area contributed by atoms with Crippen molar-refractivity contribution in [1.82, 2.24) is 9.78 Å². The molecule has 0 saturated heterocycles. The number of ether oxygens (including phenoxy) is 1. The number of rotatable bonds is 6. The molecule has 0 N–H and O–H groups in total.